The molecule has 1 aromatic rings. The highest BCUT2D eigenvalue weighted by molar-refractivity contribution is 5.81. The first-order valence-electron chi connectivity index (χ1n) is 6.96. The molecule has 1 fully saturated rings. The van der Waals surface area contributed by atoms with Crippen LogP contribution in [0.1, 0.15) is 24.8 Å². The van der Waals surface area contributed by atoms with E-state index < -0.39 is 0 Å². The number of carbonyl (C=O) groups is 1. The van der Waals surface area contributed by atoms with E-state index in [1.54, 1.807) is 14.2 Å². The fourth-order valence-electron chi connectivity index (χ4n) is 2.39. The molecule has 20 heavy (non-hydrogen) atoms. The van der Waals surface area contributed by atoms with E-state index in [2.05, 4.69) is 10.6 Å². The second-order valence-electron chi connectivity index (χ2n) is 4.90. The van der Waals surface area contributed by atoms with Gasteiger partial charge in [0.25, 0.3) is 0 Å². The number of carbonyl (C=O) groups excluding carboxylic acids is 1. The Hall–Kier alpha value is -1.75. The van der Waals surface area contributed by atoms with Crippen LogP contribution in [0.15, 0.2) is 18.2 Å². The highest BCUT2D eigenvalue weighted by Gasteiger charge is 2.20. The van der Waals surface area contributed by atoms with Crippen molar-refractivity contribution in [3.8, 4) is 11.5 Å². The Balaban J connectivity index is 2.03. The summed E-state index contributed by atoms with van der Waals surface area (Å²) in [6.07, 6.45) is 2.98. The average Bonchev–Trinajstić information content (AvgIpc) is 2.69. The number of ether oxygens (including phenoxy) is 2. The minimum atomic E-state index is -0.131. The summed E-state index contributed by atoms with van der Waals surface area (Å²) in [6.45, 7) is 1.36. The van der Waals surface area contributed by atoms with Crippen molar-refractivity contribution in [2.24, 2.45) is 0 Å². The Morgan fingerprint density at radius 2 is 2.15 bits per heavy atom. The molecule has 0 spiro atoms. The summed E-state index contributed by atoms with van der Waals surface area (Å²) < 4.78 is 10.6. The molecule has 0 saturated carbocycles. The zero-order chi connectivity index (χ0) is 14.4. The van der Waals surface area contributed by atoms with Crippen LogP contribution in [0, 0.1) is 0 Å². The fourth-order valence-corrected chi connectivity index (χ4v) is 2.39. The summed E-state index contributed by atoms with van der Waals surface area (Å²) in [5.41, 5.74) is 0.990. The molecule has 2 N–H and O–H groups in total. The van der Waals surface area contributed by atoms with E-state index >= 15 is 0 Å². The van der Waals surface area contributed by atoms with Gasteiger partial charge in [-0.1, -0.05) is 0 Å². The van der Waals surface area contributed by atoms with Crippen LogP contribution >= 0.6 is 0 Å². The van der Waals surface area contributed by atoms with Gasteiger partial charge in [-0.2, -0.15) is 0 Å². The van der Waals surface area contributed by atoms with E-state index in [9.17, 15) is 4.79 Å². The molecule has 0 aliphatic carbocycles. The summed E-state index contributed by atoms with van der Waals surface area (Å²) in [6, 6.07) is 5.54. The SMILES string of the molecule is COc1ccc(OC)c(CNC2CCCCNC2=O)c1. The van der Waals surface area contributed by atoms with E-state index in [1.165, 1.54) is 0 Å². The molecule has 1 unspecified atom stereocenters. The van der Waals surface area contributed by atoms with Gasteiger partial charge in [0.1, 0.15) is 11.5 Å². The van der Waals surface area contributed by atoms with Gasteiger partial charge in [0, 0.05) is 18.7 Å². The smallest absolute Gasteiger partial charge is 0.237 e. The standard InChI is InChI=1S/C15H22N2O3/c1-19-12-6-7-14(20-2)11(9-12)10-17-13-5-3-4-8-16-15(13)18/h6-7,9,13,17H,3-5,8,10H2,1-2H3,(H,16,18). The van der Waals surface area contributed by atoms with E-state index in [-0.39, 0.29) is 11.9 Å². The van der Waals surface area contributed by atoms with Crippen molar-refractivity contribution >= 4 is 5.91 Å². The number of hydrogen-bond donors (Lipinski definition) is 2. The van der Waals surface area contributed by atoms with Crippen molar-refractivity contribution < 1.29 is 14.3 Å². The second kappa shape index (κ2) is 7.14. The highest BCUT2D eigenvalue weighted by atomic mass is 16.5. The second-order valence-corrected chi connectivity index (χ2v) is 4.90. The van der Waals surface area contributed by atoms with Crippen LogP contribution < -0.4 is 20.1 Å². The van der Waals surface area contributed by atoms with Crippen LogP contribution in [0.5, 0.6) is 11.5 Å². The van der Waals surface area contributed by atoms with Crippen LogP contribution in [0.3, 0.4) is 0 Å². The quantitative estimate of drug-likeness (QED) is 0.856. The third-order valence-corrected chi connectivity index (χ3v) is 3.56. The molecule has 1 aliphatic heterocycles. The molecule has 1 aliphatic rings. The molecule has 1 amide bonds. The maximum Gasteiger partial charge on any atom is 0.237 e. The predicted molar refractivity (Wildman–Crippen MR) is 77.0 cm³/mol. The first-order valence-corrected chi connectivity index (χ1v) is 6.96. The normalized spacial score (nSPS) is 19.1. The monoisotopic (exact) mass is 278 g/mol. The minimum absolute atomic E-state index is 0.0874. The summed E-state index contributed by atoms with van der Waals surface area (Å²) >= 11 is 0. The average molecular weight is 278 g/mol. The van der Waals surface area contributed by atoms with Crippen molar-refractivity contribution in [2.45, 2.75) is 31.8 Å². The highest BCUT2D eigenvalue weighted by Crippen LogP contribution is 2.24. The summed E-state index contributed by atoms with van der Waals surface area (Å²) in [5, 5.41) is 6.23. The zero-order valence-corrected chi connectivity index (χ0v) is 12.1. The maximum atomic E-state index is 11.9. The zero-order valence-electron chi connectivity index (χ0n) is 12.1. The van der Waals surface area contributed by atoms with Crippen molar-refractivity contribution in [1.82, 2.24) is 10.6 Å². The van der Waals surface area contributed by atoms with E-state index in [0.717, 1.165) is 42.9 Å². The molecular formula is C15H22N2O3. The maximum absolute atomic E-state index is 11.9. The van der Waals surface area contributed by atoms with Gasteiger partial charge in [0.2, 0.25) is 5.91 Å². The van der Waals surface area contributed by atoms with Crippen LogP contribution in [-0.2, 0) is 11.3 Å². The van der Waals surface area contributed by atoms with Crippen LogP contribution in [0.25, 0.3) is 0 Å². The third kappa shape index (κ3) is 3.63. The molecular weight excluding hydrogens is 256 g/mol. The summed E-state index contributed by atoms with van der Waals surface area (Å²) in [5.74, 6) is 1.67. The topological polar surface area (TPSA) is 59.6 Å². The molecule has 110 valence electrons. The van der Waals surface area contributed by atoms with Crippen LogP contribution in [0.4, 0.5) is 0 Å². The third-order valence-electron chi connectivity index (χ3n) is 3.56. The Bertz CT molecular complexity index is 462. The first-order chi connectivity index (χ1) is 9.74. The molecule has 0 bridgehead atoms. The van der Waals surface area contributed by atoms with Crippen molar-refractivity contribution in [2.75, 3.05) is 20.8 Å². The Morgan fingerprint density at radius 3 is 2.90 bits per heavy atom. The van der Waals surface area contributed by atoms with Gasteiger partial charge in [-0.05, 0) is 37.5 Å². The lowest BCUT2D eigenvalue weighted by Gasteiger charge is -2.17. The lowest BCUT2D eigenvalue weighted by Crippen LogP contribution is -2.42. The molecule has 0 aromatic heterocycles. The number of hydrogen-bond acceptors (Lipinski definition) is 4. The minimum Gasteiger partial charge on any atom is -0.497 e. The van der Waals surface area contributed by atoms with Gasteiger partial charge in [0.15, 0.2) is 0 Å². The van der Waals surface area contributed by atoms with E-state index in [4.69, 9.17) is 9.47 Å². The molecule has 1 heterocycles. The number of amides is 1. The van der Waals surface area contributed by atoms with E-state index in [0.29, 0.717) is 6.54 Å². The molecule has 1 atom stereocenters. The molecule has 1 aromatic carbocycles. The molecule has 2 rings (SSSR count). The number of nitrogens with one attached hydrogen (secondary N) is 2. The predicted octanol–water partition coefficient (Wildman–Crippen LogP) is 1.46. The molecule has 1 saturated heterocycles. The lowest BCUT2D eigenvalue weighted by molar-refractivity contribution is -0.122. The van der Waals surface area contributed by atoms with Gasteiger partial charge in [0.05, 0.1) is 20.3 Å². The number of methoxy groups -OCH3 is 2. The van der Waals surface area contributed by atoms with Gasteiger partial charge in [-0.3, -0.25) is 4.79 Å². The number of rotatable bonds is 5. The summed E-state index contributed by atoms with van der Waals surface area (Å²) in [7, 11) is 3.28. The Labute approximate surface area is 119 Å². The Morgan fingerprint density at radius 1 is 1.30 bits per heavy atom. The Kier molecular flexibility index (Phi) is 5.24. The van der Waals surface area contributed by atoms with Crippen LogP contribution in [-0.4, -0.2) is 32.7 Å². The largest absolute Gasteiger partial charge is 0.497 e. The molecule has 0 radical (unpaired) electrons. The first kappa shape index (κ1) is 14.7. The van der Waals surface area contributed by atoms with Crippen molar-refractivity contribution in [3.05, 3.63) is 23.8 Å². The van der Waals surface area contributed by atoms with Crippen LogP contribution in [0.2, 0.25) is 0 Å². The summed E-state index contributed by atoms with van der Waals surface area (Å²) in [4.78, 5) is 11.9. The lowest BCUT2D eigenvalue weighted by atomic mass is 10.1. The van der Waals surface area contributed by atoms with Crippen molar-refractivity contribution in [3.63, 3.8) is 0 Å². The van der Waals surface area contributed by atoms with Crippen molar-refractivity contribution in [1.29, 1.82) is 0 Å². The molecule has 5 nitrogen and oxygen atoms in total. The number of benzene rings is 1. The fraction of sp³-hybridized carbons (Fsp3) is 0.533. The van der Waals surface area contributed by atoms with Gasteiger partial charge in [-0.15, -0.1) is 0 Å². The van der Waals surface area contributed by atoms with E-state index in [1.807, 2.05) is 18.2 Å². The van der Waals surface area contributed by atoms with Gasteiger partial charge >= 0.3 is 0 Å². The van der Waals surface area contributed by atoms with Gasteiger partial charge in [-0.25, -0.2) is 0 Å². The van der Waals surface area contributed by atoms with Gasteiger partial charge < -0.3 is 20.1 Å². The molecule has 5 heteroatoms.